The normalized spacial score (nSPS) is 16.2. The molecule has 0 spiro atoms. The van der Waals surface area contributed by atoms with Gasteiger partial charge in [0.25, 0.3) is 0 Å². The Labute approximate surface area is 324 Å². The van der Waals surface area contributed by atoms with Crippen LogP contribution in [0.1, 0.15) is 74.9 Å². The molecule has 3 aliphatic heterocycles. The molecule has 0 aliphatic carbocycles. The highest BCUT2D eigenvalue weighted by Crippen LogP contribution is 2.67. The van der Waals surface area contributed by atoms with Crippen LogP contribution in [0.15, 0.2) is 158 Å². The van der Waals surface area contributed by atoms with Crippen molar-refractivity contribution in [3.63, 3.8) is 0 Å². The molecule has 0 fully saturated rings. The minimum absolute atomic E-state index is 0.202. The molecular formula is C53H44N2. The molecule has 8 aromatic carbocycles. The first-order valence-electron chi connectivity index (χ1n) is 19.7. The maximum Gasteiger partial charge on any atom is 0.0545 e. The molecule has 0 aromatic heterocycles. The van der Waals surface area contributed by atoms with Crippen LogP contribution in [0.3, 0.4) is 0 Å². The van der Waals surface area contributed by atoms with Gasteiger partial charge in [-0.15, -0.1) is 0 Å². The quantitative estimate of drug-likeness (QED) is 0.180. The van der Waals surface area contributed by atoms with E-state index in [-0.39, 0.29) is 16.2 Å². The van der Waals surface area contributed by atoms with Crippen molar-refractivity contribution >= 4 is 55.7 Å². The molecule has 2 nitrogen and oxygen atoms in total. The van der Waals surface area contributed by atoms with Gasteiger partial charge in [-0.25, -0.2) is 0 Å². The fourth-order valence-electron chi connectivity index (χ4n) is 10.4. The van der Waals surface area contributed by atoms with Crippen molar-refractivity contribution in [2.24, 2.45) is 0 Å². The zero-order valence-corrected chi connectivity index (χ0v) is 32.4. The first-order chi connectivity index (χ1) is 26.6. The Morgan fingerprint density at radius 2 is 0.836 bits per heavy atom. The first-order valence-corrected chi connectivity index (χ1v) is 19.7. The summed E-state index contributed by atoms with van der Waals surface area (Å²) in [4.78, 5) is 5.17. The van der Waals surface area contributed by atoms with Gasteiger partial charge in [-0.3, -0.25) is 0 Å². The van der Waals surface area contributed by atoms with E-state index < -0.39 is 0 Å². The summed E-state index contributed by atoms with van der Waals surface area (Å²) >= 11 is 0. The number of benzene rings is 8. The number of hydrogen-bond donors (Lipinski definition) is 0. The predicted molar refractivity (Wildman–Crippen MR) is 233 cm³/mol. The van der Waals surface area contributed by atoms with Crippen LogP contribution in [0.4, 0.5) is 34.1 Å². The van der Waals surface area contributed by atoms with Crippen LogP contribution >= 0.6 is 0 Å². The first kappa shape index (κ1) is 32.3. The average Bonchev–Trinajstić information content (AvgIpc) is 3.20. The Bertz CT molecular complexity index is 2900. The minimum Gasteiger partial charge on any atom is -0.310 e. The van der Waals surface area contributed by atoms with E-state index in [1.807, 2.05) is 0 Å². The van der Waals surface area contributed by atoms with Crippen LogP contribution in [0, 0.1) is 0 Å². The summed E-state index contributed by atoms with van der Waals surface area (Å²) in [5.41, 5.74) is 17.7. The highest BCUT2D eigenvalue weighted by molar-refractivity contribution is 6.04. The predicted octanol–water partition coefficient (Wildman–Crippen LogP) is 14.5. The van der Waals surface area contributed by atoms with Crippen molar-refractivity contribution in [3.05, 3.63) is 191 Å². The van der Waals surface area contributed by atoms with Crippen molar-refractivity contribution in [1.82, 2.24) is 0 Å². The Kier molecular flexibility index (Phi) is 6.45. The fourth-order valence-corrected chi connectivity index (χ4v) is 10.4. The number of para-hydroxylation sites is 2. The molecule has 0 saturated carbocycles. The fraction of sp³-hybridized carbons (Fsp3) is 0.170. The lowest BCUT2D eigenvalue weighted by Gasteiger charge is -2.55. The van der Waals surface area contributed by atoms with Crippen LogP contribution in [0.5, 0.6) is 0 Å². The molecule has 0 atom stereocenters. The molecule has 3 heterocycles. The Morgan fingerprint density at radius 1 is 0.382 bits per heavy atom. The molecule has 0 N–H and O–H groups in total. The van der Waals surface area contributed by atoms with Gasteiger partial charge in [-0.05, 0) is 103 Å². The smallest absolute Gasteiger partial charge is 0.0545 e. The van der Waals surface area contributed by atoms with Gasteiger partial charge in [0.2, 0.25) is 0 Å². The van der Waals surface area contributed by atoms with E-state index in [0.717, 1.165) is 5.69 Å². The average molecular weight is 709 g/mol. The van der Waals surface area contributed by atoms with Crippen molar-refractivity contribution in [3.8, 4) is 11.1 Å². The van der Waals surface area contributed by atoms with E-state index in [0.29, 0.717) is 0 Å². The maximum absolute atomic E-state index is 2.68. The van der Waals surface area contributed by atoms with Gasteiger partial charge in [-0.2, -0.15) is 0 Å². The minimum atomic E-state index is -0.307. The summed E-state index contributed by atoms with van der Waals surface area (Å²) in [6.07, 6.45) is 0. The maximum atomic E-state index is 2.68. The standard InChI is InChI=1S/C53H44N2/c1-51(2)41-26-16-27-42-48(41)55-49-43(51)29-35(39-25-14-19-33-17-10-12-23-38(33)39)30-44(49)53(5,6)46-32-37(31-45(50(46)55)52(42,3)4)54(36-21-8-7-9-22-36)47-28-15-20-34-18-11-13-24-40(34)47/h7-32H,1-6H3. The highest BCUT2D eigenvalue weighted by Gasteiger charge is 2.52. The van der Waals surface area contributed by atoms with Gasteiger partial charge in [0.05, 0.1) is 22.7 Å². The van der Waals surface area contributed by atoms with E-state index in [1.54, 1.807) is 0 Å². The van der Waals surface area contributed by atoms with Crippen LogP contribution in [-0.2, 0) is 16.2 Å². The number of rotatable bonds is 4. The summed E-state index contributed by atoms with van der Waals surface area (Å²) in [5, 5.41) is 5.04. The van der Waals surface area contributed by atoms with Crippen LogP contribution < -0.4 is 9.80 Å². The molecule has 0 amide bonds. The van der Waals surface area contributed by atoms with E-state index in [1.165, 1.54) is 94.5 Å². The summed E-state index contributed by atoms with van der Waals surface area (Å²) in [7, 11) is 0. The molecular weight excluding hydrogens is 665 g/mol. The van der Waals surface area contributed by atoms with E-state index in [9.17, 15) is 0 Å². The molecule has 3 aliphatic rings. The highest BCUT2D eigenvalue weighted by atomic mass is 15.2. The summed E-state index contributed by atoms with van der Waals surface area (Å²) in [5.74, 6) is 0. The Balaban J connectivity index is 1.25. The van der Waals surface area contributed by atoms with Gasteiger partial charge >= 0.3 is 0 Å². The lowest BCUT2D eigenvalue weighted by atomic mass is 9.60. The van der Waals surface area contributed by atoms with Gasteiger partial charge in [0.15, 0.2) is 0 Å². The molecule has 55 heavy (non-hydrogen) atoms. The molecule has 0 radical (unpaired) electrons. The Morgan fingerprint density at radius 3 is 1.47 bits per heavy atom. The molecule has 0 saturated heterocycles. The van der Waals surface area contributed by atoms with Gasteiger partial charge in [-0.1, -0.05) is 157 Å². The summed E-state index contributed by atoms with van der Waals surface area (Å²) in [6, 6.07) is 59.1. The van der Waals surface area contributed by atoms with Crippen molar-refractivity contribution in [2.45, 2.75) is 57.8 Å². The Hall–Kier alpha value is -6.12. The van der Waals surface area contributed by atoms with Crippen LogP contribution in [-0.4, -0.2) is 0 Å². The molecule has 266 valence electrons. The van der Waals surface area contributed by atoms with Crippen molar-refractivity contribution in [1.29, 1.82) is 0 Å². The molecule has 0 unspecified atom stereocenters. The third-order valence-electron chi connectivity index (χ3n) is 13.3. The summed E-state index contributed by atoms with van der Waals surface area (Å²) in [6.45, 7) is 14.7. The number of fused-ring (bicyclic) bond motifs is 2. The van der Waals surface area contributed by atoms with Gasteiger partial charge < -0.3 is 9.80 Å². The zero-order valence-electron chi connectivity index (χ0n) is 32.4. The third kappa shape index (κ3) is 4.26. The zero-order chi connectivity index (χ0) is 37.4. The van der Waals surface area contributed by atoms with Crippen LogP contribution in [0.2, 0.25) is 0 Å². The summed E-state index contributed by atoms with van der Waals surface area (Å²) < 4.78 is 0. The number of nitrogens with zero attached hydrogens (tertiary/aromatic N) is 2. The topological polar surface area (TPSA) is 6.48 Å². The van der Waals surface area contributed by atoms with Crippen molar-refractivity contribution < 1.29 is 0 Å². The number of hydrogen-bond acceptors (Lipinski definition) is 2. The second-order valence-corrected chi connectivity index (χ2v) is 17.4. The number of anilines is 6. The molecule has 2 heteroatoms. The second-order valence-electron chi connectivity index (χ2n) is 17.4. The molecule has 8 aromatic rings. The van der Waals surface area contributed by atoms with Crippen LogP contribution in [0.25, 0.3) is 32.7 Å². The van der Waals surface area contributed by atoms with Gasteiger partial charge in [0.1, 0.15) is 0 Å². The third-order valence-corrected chi connectivity index (χ3v) is 13.3. The monoisotopic (exact) mass is 708 g/mol. The lowest BCUT2D eigenvalue weighted by Crippen LogP contribution is -2.43. The largest absolute Gasteiger partial charge is 0.310 e. The van der Waals surface area contributed by atoms with Crippen molar-refractivity contribution in [2.75, 3.05) is 9.80 Å². The molecule has 0 bridgehead atoms. The van der Waals surface area contributed by atoms with E-state index >= 15 is 0 Å². The van der Waals surface area contributed by atoms with E-state index in [2.05, 4.69) is 209 Å². The van der Waals surface area contributed by atoms with Gasteiger partial charge in [0, 0.05) is 33.0 Å². The lowest BCUT2D eigenvalue weighted by molar-refractivity contribution is 0.567. The molecule has 11 rings (SSSR count). The SMILES string of the molecule is CC1(C)c2cccc3c2N2c4c1cc(-c1cccc5ccccc15)cc4C(C)(C)c1cc(N(c4ccccc4)c4cccc5ccccc45)cc(c12)C3(C)C. The second kappa shape index (κ2) is 11.0. The van der Waals surface area contributed by atoms with E-state index in [4.69, 9.17) is 0 Å².